The topological polar surface area (TPSA) is 46.4 Å². The Bertz CT molecular complexity index is 826. The zero-order valence-electron chi connectivity index (χ0n) is 12.2. The fraction of sp³-hybridized carbons (Fsp3) is 0.176. The molecule has 22 heavy (non-hydrogen) atoms. The molecule has 0 radical (unpaired) electrons. The molecule has 112 valence electrons. The van der Waals surface area contributed by atoms with Gasteiger partial charge in [0, 0.05) is 17.8 Å². The van der Waals surface area contributed by atoms with Gasteiger partial charge in [-0.05, 0) is 30.2 Å². The maximum absolute atomic E-state index is 12.6. The van der Waals surface area contributed by atoms with Gasteiger partial charge in [-0.3, -0.25) is 9.20 Å². The summed E-state index contributed by atoms with van der Waals surface area (Å²) in [6.45, 7) is 2.38. The fourth-order valence-electron chi connectivity index (χ4n) is 2.43. The van der Waals surface area contributed by atoms with Gasteiger partial charge < -0.3 is 5.32 Å². The third kappa shape index (κ3) is 2.70. The number of imidazole rings is 1. The number of hydrogen-bond acceptors (Lipinski definition) is 2. The van der Waals surface area contributed by atoms with Crippen LogP contribution < -0.4 is 5.32 Å². The maximum Gasteiger partial charge on any atom is 0.270 e. The number of aryl methyl sites for hydroxylation is 1. The average molecular weight is 314 g/mol. The number of hydrogen-bond donors (Lipinski definition) is 1. The molecule has 2 heterocycles. The van der Waals surface area contributed by atoms with Crippen LogP contribution in [0.15, 0.2) is 48.7 Å². The highest BCUT2D eigenvalue weighted by molar-refractivity contribution is 6.31. The number of aromatic nitrogens is 2. The number of benzene rings is 1. The summed E-state index contributed by atoms with van der Waals surface area (Å²) in [5.41, 5.74) is 3.06. The van der Waals surface area contributed by atoms with Crippen molar-refractivity contribution in [2.45, 2.75) is 19.9 Å². The zero-order chi connectivity index (χ0) is 15.5. The van der Waals surface area contributed by atoms with Gasteiger partial charge in [0.2, 0.25) is 0 Å². The van der Waals surface area contributed by atoms with E-state index in [0.717, 1.165) is 16.9 Å². The van der Waals surface area contributed by atoms with E-state index in [0.29, 0.717) is 23.7 Å². The number of pyridine rings is 1. The molecule has 4 nitrogen and oxygen atoms in total. The van der Waals surface area contributed by atoms with Crippen LogP contribution in [0.4, 0.5) is 0 Å². The van der Waals surface area contributed by atoms with Gasteiger partial charge in [0.1, 0.15) is 11.3 Å². The number of nitrogens with zero attached hydrogens (tertiary/aromatic N) is 2. The highest BCUT2D eigenvalue weighted by Crippen LogP contribution is 2.16. The van der Waals surface area contributed by atoms with Crippen LogP contribution in [-0.4, -0.2) is 15.3 Å². The molecule has 0 fully saturated rings. The van der Waals surface area contributed by atoms with Crippen molar-refractivity contribution in [2.24, 2.45) is 0 Å². The largest absolute Gasteiger partial charge is 0.347 e. The molecule has 1 amide bonds. The van der Waals surface area contributed by atoms with Crippen LogP contribution in [0.1, 0.15) is 28.7 Å². The summed E-state index contributed by atoms with van der Waals surface area (Å²) in [6.07, 6.45) is 2.56. The van der Waals surface area contributed by atoms with Gasteiger partial charge in [-0.15, -0.1) is 0 Å². The maximum atomic E-state index is 12.6. The molecule has 3 aromatic rings. The molecule has 2 aromatic heterocycles. The van der Waals surface area contributed by atoms with Crippen LogP contribution in [0.2, 0.25) is 5.02 Å². The van der Waals surface area contributed by atoms with Crippen molar-refractivity contribution in [3.8, 4) is 0 Å². The van der Waals surface area contributed by atoms with Crippen molar-refractivity contribution in [1.29, 1.82) is 0 Å². The molecule has 0 aliphatic rings. The number of halogens is 1. The molecule has 0 aliphatic carbocycles. The Morgan fingerprint density at radius 2 is 2.00 bits per heavy atom. The quantitative estimate of drug-likeness (QED) is 0.801. The zero-order valence-corrected chi connectivity index (χ0v) is 13.0. The molecule has 1 N–H and O–H groups in total. The Morgan fingerprint density at radius 1 is 1.23 bits per heavy atom. The number of carbonyl (C=O) groups excluding carboxylic acids is 1. The lowest BCUT2D eigenvalue weighted by atomic mass is 10.2. The number of amides is 1. The number of nitrogens with one attached hydrogen (secondary N) is 1. The fourth-order valence-corrected chi connectivity index (χ4v) is 2.64. The van der Waals surface area contributed by atoms with E-state index in [4.69, 9.17) is 11.6 Å². The summed E-state index contributed by atoms with van der Waals surface area (Å²) in [4.78, 5) is 17.1. The van der Waals surface area contributed by atoms with Crippen LogP contribution >= 0.6 is 11.6 Å². The highest BCUT2D eigenvalue weighted by Gasteiger charge is 2.17. The average Bonchev–Trinajstić information content (AvgIpc) is 2.92. The van der Waals surface area contributed by atoms with Crippen molar-refractivity contribution >= 4 is 23.2 Å². The van der Waals surface area contributed by atoms with E-state index in [9.17, 15) is 4.79 Å². The van der Waals surface area contributed by atoms with Crippen LogP contribution in [0, 0.1) is 0 Å². The predicted molar refractivity (Wildman–Crippen MR) is 87.2 cm³/mol. The normalized spacial score (nSPS) is 10.8. The van der Waals surface area contributed by atoms with Gasteiger partial charge in [0.25, 0.3) is 5.91 Å². The van der Waals surface area contributed by atoms with E-state index in [1.54, 1.807) is 0 Å². The Kier molecular flexibility index (Phi) is 4.11. The van der Waals surface area contributed by atoms with E-state index in [2.05, 4.69) is 10.3 Å². The summed E-state index contributed by atoms with van der Waals surface area (Å²) in [5, 5.41) is 3.57. The minimum atomic E-state index is -0.143. The first kappa shape index (κ1) is 14.6. The first-order chi connectivity index (χ1) is 10.7. The highest BCUT2D eigenvalue weighted by atomic mass is 35.5. The molecule has 0 spiro atoms. The van der Waals surface area contributed by atoms with Crippen LogP contribution in [0.5, 0.6) is 0 Å². The van der Waals surface area contributed by atoms with Gasteiger partial charge >= 0.3 is 0 Å². The second kappa shape index (κ2) is 6.20. The third-order valence-electron chi connectivity index (χ3n) is 3.55. The summed E-state index contributed by atoms with van der Waals surface area (Å²) in [7, 11) is 0. The van der Waals surface area contributed by atoms with Crippen molar-refractivity contribution in [3.05, 3.63) is 70.6 Å². The molecule has 0 atom stereocenters. The summed E-state index contributed by atoms with van der Waals surface area (Å²) in [6, 6.07) is 13.2. The molecule has 0 saturated heterocycles. The predicted octanol–water partition coefficient (Wildman–Crippen LogP) is 3.48. The molecule has 0 unspecified atom stereocenters. The molecule has 1 aromatic carbocycles. The van der Waals surface area contributed by atoms with Crippen molar-refractivity contribution in [3.63, 3.8) is 0 Å². The van der Waals surface area contributed by atoms with Gasteiger partial charge in [-0.2, -0.15) is 0 Å². The monoisotopic (exact) mass is 313 g/mol. The van der Waals surface area contributed by atoms with Gasteiger partial charge in [-0.25, -0.2) is 4.98 Å². The smallest absolute Gasteiger partial charge is 0.270 e. The molecular formula is C17H16ClN3O. The Morgan fingerprint density at radius 3 is 2.77 bits per heavy atom. The van der Waals surface area contributed by atoms with E-state index >= 15 is 0 Å². The first-order valence-electron chi connectivity index (χ1n) is 7.18. The van der Waals surface area contributed by atoms with Crippen molar-refractivity contribution < 1.29 is 4.79 Å². The SMILES string of the molecule is CCc1nc2ccccn2c1C(=O)NCc1ccccc1Cl. The minimum absolute atomic E-state index is 0.143. The number of carbonyl (C=O) groups is 1. The molecule has 5 heteroatoms. The summed E-state index contributed by atoms with van der Waals surface area (Å²) in [5.74, 6) is -0.143. The molecule has 3 rings (SSSR count). The number of fused-ring (bicyclic) bond motifs is 1. The van der Waals surface area contributed by atoms with Crippen LogP contribution in [0.3, 0.4) is 0 Å². The third-order valence-corrected chi connectivity index (χ3v) is 3.92. The van der Waals surface area contributed by atoms with Gasteiger partial charge in [0.05, 0.1) is 5.69 Å². The lowest BCUT2D eigenvalue weighted by Crippen LogP contribution is -2.25. The van der Waals surface area contributed by atoms with Gasteiger partial charge in [0.15, 0.2) is 0 Å². The minimum Gasteiger partial charge on any atom is -0.347 e. The second-order valence-corrected chi connectivity index (χ2v) is 5.37. The van der Waals surface area contributed by atoms with Gasteiger partial charge in [-0.1, -0.05) is 42.8 Å². The summed E-state index contributed by atoms with van der Waals surface area (Å²) >= 11 is 6.12. The lowest BCUT2D eigenvalue weighted by molar-refractivity contribution is 0.0944. The van der Waals surface area contributed by atoms with E-state index in [-0.39, 0.29) is 5.91 Å². The van der Waals surface area contributed by atoms with Crippen LogP contribution in [0.25, 0.3) is 5.65 Å². The molecule has 0 saturated carbocycles. The Balaban J connectivity index is 1.88. The first-order valence-corrected chi connectivity index (χ1v) is 7.56. The van der Waals surface area contributed by atoms with E-state index in [1.165, 1.54) is 0 Å². The molecular weight excluding hydrogens is 298 g/mol. The van der Waals surface area contributed by atoms with E-state index in [1.807, 2.05) is 60.0 Å². The van der Waals surface area contributed by atoms with E-state index < -0.39 is 0 Å². The Labute approximate surface area is 133 Å². The second-order valence-electron chi connectivity index (χ2n) is 4.96. The van der Waals surface area contributed by atoms with Crippen molar-refractivity contribution in [1.82, 2.24) is 14.7 Å². The number of rotatable bonds is 4. The standard InChI is InChI=1S/C17H16ClN3O/c1-2-14-16(21-10-6-5-9-15(21)20-14)17(22)19-11-12-7-3-4-8-13(12)18/h3-10H,2,11H2,1H3,(H,19,22). The summed E-state index contributed by atoms with van der Waals surface area (Å²) < 4.78 is 1.82. The van der Waals surface area contributed by atoms with Crippen molar-refractivity contribution in [2.75, 3.05) is 0 Å². The van der Waals surface area contributed by atoms with Crippen LogP contribution in [-0.2, 0) is 13.0 Å². The lowest BCUT2D eigenvalue weighted by Gasteiger charge is -2.08. The Hall–Kier alpha value is -2.33. The molecule has 0 bridgehead atoms. The molecule has 0 aliphatic heterocycles.